The Balaban J connectivity index is 4.83. The summed E-state index contributed by atoms with van der Waals surface area (Å²) in [6.07, 6.45) is 2.18. The van der Waals surface area contributed by atoms with Gasteiger partial charge in [-0.25, -0.2) is 13.7 Å². The number of thiol groups is 1. The van der Waals surface area contributed by atoms with E-state index in [1.165, 1.54) is 13.2 Å². The molecule has 0 aromatic rings. The van der Waals surface area contributed by atoms with E-state index < -0.39 is 9.92 Å². The van der Waals surface area contributed by atoms with Gasteiger partial charge in [0.2, 0.25) is 0 Å². The van der Waals surface area contributed by atoms with Crippen LogP contribution in [-0.4, -0.2) is 16.3 Å². The third-order valence-electron chi connectivity index (χ3n) is 1.44. The molecule has 1 unspecified atom stereocenters. The minimum atomic E-state index is -2.71. The zero-order valence-electron chi connectivity index (χ0n) is 8.02. The summed E-state index contributed by atoms with van der Waals surface area (Å²) in [6.45, 7) is 3.56. The molecule has 0 aliphatic heterocycles. The Hall–Kier alpha value is -0.330. The zero-order chi connectivity index (χ0) is 10.5. The smallest absolute Gasteiger partial charge is 0.131 e. The van der Waals surface area contributed by atoms with E-state index in [1.807, 2.05) is 6.92 Å². The molecule has 0 aromatic carbocycles. The quantitative estimate of drug-likeness (QED) is 0.424. The maximum absolute atomic E-state index is 11.4. The number of allylic oxidation sites excluding steroid dienone is 1. The van der Waals surface area contributed by atoms with Gasteiger partial charge in [-0.2, -0.15) is 0 Å². The summed E-state index contributed by atoms with van der Waals surface area (Å²) >= 11 is 4.07. The van der Waals surface area contributed by atoms with Crippen molar-refractivity contribution >= 4 is 27.6 Å². The average Bonchev–Trinajstić information content (AvgIpc) is 2.13. The van der Waals surface area contributed by atoms with Crippen molar-refractivity contribution in [2.75, 3.05) is 7.05 Å². The van der Waals surface area contributed by atoms with Crippen molar-refractivity contribution in [1.82, 2.24) is 0 Å². The summed E-state index contributed by atoms with van der Waals surface area (Å²) in [5, 5.41) is 6.06. The van der Waals surface area contributed by atoms with Crippen LogP contribution in [0.1, 0.15) is 20.3 Å². The fraction of sp³-hybridized carbons (Fsp3) is 0.571. The molecule has 0 bridgehead atoms. The lowest BCUT2D eigenvalue weighted by molar-refractivity contribution is 0.681. The van der Waals surface area contributed by atoms with Crippen LogP contribution in [0, 0.1) is 0 Å². The predicted molar refractivity (Wildman–Crippen MR) is 61.2 cm³/mol. The molecule has 0 aromatic heterocycles. The summed E-state index contributed by atoms with van der Waals surface area (Å²) in [5.41, 5.74) is 0. The van der Waals surface area contributed by atoms with Crippen molar-refractivity contribution in [2.45, 2.75) is 20.3 Å². The highest BCUT2D eigenvalue weighted by atomic mass is 32.2. The second-order valence-electron chi connectivity index (χ2n) is 2.39. The Morgan fingerprint density at radius 3 is 2.62 bits per heavy atom. The summed E-state index contributed by atoms with van der Waals surface area (Å²) in [6, 6.07) is 0. The Labute approximate surface area is 85.0 Å². The minimum absolute atomic E-state index is 0.454. The van der Waals surface area contributed by atoms with Gasteiger partial charge in [0.05, 0.1) is 9.95 Å². The second-order valence-corrected chi connectivity index (χ2v) is 5.05. The monoisotopic (exact) mass is 221 g/mol. The molecule has 13 heavy (non-hydrogen) atoms. The van der Waals surface area contributed by atoms with E-state index in [4.69, 9.17) is 5.14 Å². The van der Waals surface area contributed by atoms with Crippen LogP contribution in [0.2, 0.25) is 0 Å². The molecule has 4 nitrogen and oxygen atoms in total. The van der Waals surface area contributed by atoms with Gasteiger partial charge in [-0.1, -0.05) is 6.92 Å². The van der Waals surface area contributed by atoms with Crippen LogP contribution in [0.5, 0.6) is 0 Å². The summed E-state index contributed by atoms with van der Waals surface area (Å²) in [5.74, 6) is 0. The van der Waals surface area contributed by atoms with Crippen LogP contribution < -0.4 is 5.14 Å². The van der Waals surface area contributed by atoms with Gasteiger partial charge in [0.1, 0.15) is 9.92 Å². The Morgan fingerprint density at radius 1 is 1.69 bits per heavy atom. The van der Waals surface area contributed by atoms with Crippen molar-refractivity contribution in [3.05, 3.63) is 11.1 Å². The van der Waals surface area contributed by atoms with Crippen LogP contribution in [0.4, 0.5) is 0 Å². The SMILES string of the molecule is CC/C(S)=N/C=C(\C)S(N)(=O)=NC. The predicted octanol–water partition coefficient (Wildman–Crippen LogP) is 1.56. The Morgan fingerprint density at radius 2 is 2.23 bits per heavy atom. The van der Waals surface area contributed by atoms with Crippen molar-refractivity contribution in [3.8, 4) is 0 Å². The molecule has 0 radical (unpaired) electrons. The molecule has 1 atom stereocenters. The van der Waals surface area contributed by atoms with Gasteiger partial charge in [-0.05, 0) is 13.3 Å². The summed E-state index contributed by atoms with van der Waals surface area (Å²) in [4.78, 5) is 4.41. The molecule has 0 aliphatic rings. The van der Waals surface area contributed by atoms with Crippen LogP contribution in [0.3, 0.4) is 0 Å². The molecule has 76 valence electrons. The number of nitrogens with zero attached hydrogens (tertiary/aromatic N) is 2. The van der Waals surface area contributed by atoms with Crippen molar-refractivity contribution in [1.29, 1.82) is 0 Å². The lowest BCUT2D eigenvalue weighted by atomic mass is 10.5. The highest BCUT2D eigenvalue weighted by molar-refractivity contribution is 7.97. The lowest BCUT2D eigenvalue weighted by Gasteiger charge is -2.00. The van der Waals surface area contributed by atoms with E-state index >= 15 is 0 Å². The maximum Gasteiger partial charge on any atom is 0.131 e. The molecule has 0 fully saturated rings. The average molecular weight is 221 g/mol. The van der Waals surface area contributed by atoms with E-state index in [1.54, 1.807) is 6.92 Å². The van der Waals surface area contributed by atoms with E-state index in [2.05, 4.69) is 22.0 Å². The van der Waals surface area contributed by atoms with Gasteiger partial charge in [-0.3, -0.25) is 4.99 Å². The van der Waals surface area contributed by atoms with Gasteiger partial charge in [0, 0.05) is 13.2 Å². The van der Waals surface area contributed by atoms with Crippen molar-refractivity contribution in [2.24, 2.45) is 14.5 Å². The highest BCUT2D eigenvalue weighted by Gasteiger charge is 2.01. The summed E-state index contributed by atoms with van der Waals surface area (Å²) < 4.78 is 15.0. The van der Waals surface area contributed by atoms with Crippen LogP contribution >= 0.6 is 12.6 Å². The third kappa shape index (κ3) is 4.44. The first-order valence-electron chi connectivity index (χ1n) is 3.79. The van der Waals surface area contributed by atoms with Crippen LogP contribution in [0.25, 0.3) is 0 Å². The first kappa shape index (κ1) is 12.7. The number of aliphatic imine (C=N–C) groups is 1. The fourth-order valence-electron chi connectivity index (χ4n) is 0.476. The number of hydrogen-bond donors (Lipinski definition) is 2. The molecule has 0 saturated carbocycles. The lowest BCUT2D eigenvalue weighted by Crippen LogP contribution is -2.12. The first-order chi connectivity index (χ1) is 5.94. The number of hydrogen-bond acceptors (Lipinski definition) is 3. The van der Waals surface area contributed by atoms with Gasteiger partial charge in [0.25, 0.3) is 0 Å². The van der Waals surface area contributed by atoms with Gasteiger partial charge >= 0.3 is 0 Å². The van der Waals surface area contributed by atoms with Crippen LogP contribution in [0.15, 0.2) is 20.5 Å². The Kier molecular flexibility index (Phi) is 5.27. The molecule has 0 aliphatic carbocycles. The van der Waals surface area contributed by atoms with Gasteiger partial charge in [0.15, 0.2) is 0 Å². The highest BCUT2D eigenvalue weighted by Crippen LogP contribution is 2.04. The normalized spacial score (nSPS) is 18.2. The molecular weight excluding hydrogens is 206 g/mol. The first-order valence-corrected chi connectivity index (χ1v) is 5.82. The van der Waals surface area contributed by atoms with Gasteiger partial charge in [-0.15, -0.1) is 12.6 Å². The largest absolute Gasteiger partial charge is 0.254 e. The van der Waals surface area contributed by atoms with E-state index in [9.17, 15) is 4.21 Å². The summed E-state index contributed by atoms with van der Waals surface area (Å²) in [7, 11) is -1.29. The zero-order valence-corrected chi connectivity index (χ0v) is 9.73. The maximum atomic E-state index is 11.4. The van der Waals surface area contributed by atoms with E-state index in [0.717, 1.165) is 6.42 Å². The third-order valence-corrected chi connectivity index (χ3v) is 3.45. The number of nitrogens with two attached hydrogens (primary N) is 1. The molecule has 0 amide bonds. The molecule has 2 N–H and O–H groups in total. The fourth-order valence-corrected chi connectivity index (χ4v) is 1.03. The molecule has 0 spiro atoms. The molecular formula is C7H15N3OS2. The van der Waals surface area contributed by atoms with Crippen molar-refractivity contribution < 1.29 is 4.21 Å². The van der Waals surface area contributed by atoms with Crippen molar-refractivity contribution in [3.63, 3.8) is 0 Å². The van der Waals surface area contributed by atoms with E-state index in [0.29, 0.717) is 9.95 Å². The topological polar surface area (TPSA) is 67.8 Å². The standard InChI is InChI=1S/C7H15N3OS2/c1-4-7(12)10-5-6(2)13(8,11)9-3/h5H,4H2,1-3H3,(H,10,12)(H2,8,9,11)/b6-5+. The molecule has 0 saturated heterocycles. The molecule has 6 heteroatoms. The molecule has 0 heterocycles. The van der Waals surface area contributed by atoms with Gasteiger partial charge < -0.3 is 0 Å². The minimum Gasteiger partial charge on any atom is -0.254 e. The second kappa shape index (κ2) is 5.41. The van der Waals surface area contributed by atoms with Crippen LogP contribution in [-0.2, 0) is 9.92 Å². The van der Waals surface area contributed by atoms with E-state index in [-0.39, 0.29) is 0 Å². The Bertz CT molecular complexity index is 338. The number of rotatable bonds is 3. The molecule has 0 rings (SSSR count).